The quantitative estimate of drug-likeness (QED) is 0.0674. The highest BCUT2D eigenvalue weighted by Crippen LogP contribution is 2.15. The van der Waals surface area contributed by atoms with E-state index in [-0.39, 0.29) is 20.8 Å². The van der Waals surface area contributed by atoms with Crippen LogP contribution in [0.4, 0.5) is 0 Å². The highest BCUT2D eigenvalue weighted by atomic mass is 16.5. The standard InChI is InChI=1S/C28H52O2.C16H28O2.CH4.7H2/c1-5-6-7-8-9-10-11-12-13-14-15-16-17-18-19-23-28(29)30-25-24-27(4)22-20-21-26(2)3;1-15-11-9-7-5-3-2-4-6-8-10-12-16(17)18-14-13-15;;;;;;;;/h12-13,21,27H,5-11,14-20,22-25H2,1-4H3;5,7,15H,2-4,6,8-14H2,1H3;1H4;7*1H/b13-12-;;;;;;;;;/i;;;6*1+1D;1+1. The van der Waals surface area contributed by atoms with Crippen LogP contribution in [0.15, 0.2) is 36.0 Å². The van der Waals surface area contributed by atoms with Gasteiger partial charge in [-0.2, -0.15) is 0 Å². The minimum atomic E-state index is -0.0101. The predicted octanol–water partition coefficient (Wildman–Crippen LogP) is 16.3. The largest absolute Gasteiger partial charge is 0.466 e. The van der Waals surface area contributed by atoms with E-state index in [2.05, 4.69) is 65.0 Å². The zero-order chi connectivity index (χ0) is 47.3. The van der Waals surface area contributed by atoms with Crippen LogP contribution in [-0.2, 0) is 19.1 Å². The number of hydrogen-bond acceptors (Lipinski definition) is 4. The molecule has 0 bridgehead atoms. The van der Waals surface area contributed by atoms with Crippen molar-refractivity contribution in [3.63, 3.8) is 0 Å². The summed E-state index contributed by atoms with van der Waals surface area (Å²) in [6, 6.07) is 0. The van der Waals surface area contributed by atoms with Crippen LogP contribution in [0.1, 0.15) is 235 Å². The van der Waals surface area contributed by atoms with Gasteiger partial charge in [-0.05, 0) is 116 Å². The molecule has 1 rings (SSSR count). The van der Waals surface area contributed by atoms with Crippen molar-refractivity contribution < 1.29 is 38.3 Å². The molecule has 0 aromatic rings. The molecule has 0 aromatic heterocycles. The number of carbonyl (C=O) groups excluding carboxylic acids is 2. The Hall–Kier alpha value is -1.84. The second-order valence-corrected chi connectivity index (χ2v) is 14.8. The Balaban J connectivity index is -0.000000107. The summed E-state index contributed by atoms with van der Waals surface area (Å²) in [4.78, 5) is 23.3. The van der Waals surface area contributed by atoms with Gasteiger partial charge in [-0.3, -0.25) is 9.59 Å². The number of rotatable bonds is 21. The maximum absolute atomic E-state index is 11.8. The van der Waals surface area contributed by atoms with E-state index in [0.717, 1.165) is 51.4 Å². The molecule has 0 spiro atoms. The highest BCUT2D eigenvalue weighted by Gasteiger charge is 2.07. The zero-order valence-electron chi connectivity index (χ0n) is 44.7. The maximum atomic E-state index is 11.8. The van der Waals surface area contributed by atoms with E-state index in [0.29, 0.717) is 37.9 Å². The molecule has 1 aliphatic rings. The lowest BCUT2D eigenvalue weighted by Gasteiger charge is -2.10. The second-order valence-electron chi connectivity index (χ2n) is 14.8. The number of allylic oxidation sites excluding steroid dienone is 6. The molecular weight excluding hydrogens is 604 g/mol. The number of hydrogen-bond donors (Lipinski definition) is 0. The fourth-order valence-electron chi connectivity index (χ4n) is 5.86. The van der Waals surface area contributed by atoms with Crippen molar-refractivity contribution >= 4 is 11.9 Å². The summed E-state index contributed by atoms with van der Waals surface area (Å²) < 4.78 is 70.7. The number of unbranched alkanes of at least 4 members (excludes halogenated alkanes) is 11. The fraction of sp³-hybridized carbons (Fsp3) is 0.822. The lowest BCUT2D eigenvalue weighted by atomic mass is 10.0. The molecule has 0 radical (unpaired) electrons. The molecule has 302 valence electrons. The summed E-state index contributed by atoms with van der Waals surface area (Å²) in [7, 11) is 0. The average molecular weight is 716 g/mol. The van der Waals surface area contributed by atoms with Gasteiger partial charge in [-0.1, -0.05) is 135 Å². The lowest BCUT2D eigenvalue weighted by molar-refractivity contribution is -0.145. The number of carbonyl (C=O) groups is 2. The third-order valence-electron chi connectivity index (χ3n) is 9.35. The summed E-state index contributed by atoms with van der Waals surface area (Å²) in [5.41, 5.74) is 1.38. The smallest absolute Gasteiger partial charge is 0.305 e. The van der Waals surface area contributed by atoms with E-state index in [4.69, 9.17) is 27.3 Å². The van der Waals surface area contributed by atoms with Crippen molar-refractivity contribution in [3.05, 3.63) is 36.0 Å². The van der Waals surface area contributed by atoms with Gasteiger partial charge < -0.3 is 9.47 Å². The molecule has 2 atom stereocenters. The van der Waals surface area contributed by atoms with E-state index in [1.54, 1.807) is 0 Å². The molecule has 0 saturated carbocycles. The summed E-state index contributed by atoms with van der Waals surface area (Å²) >= 11 is 0. The Morgan fingerprint density at radius 2 is 1.47 bits per heavy atom. The van der Waals surface area contributed by atoms with Gasteiger partial charge in [0.25, 0.3) is 0 Å². The van der Waals surface area contributed by atoms with Gasteiger partial charge in [0.1, 0.15) is 0 Å². The summed E-state index contributed by atoms with van der Waals surface area (Å²) in [6.07, 6.45) is 43.4. The van der Waals surface area contributed by atoms with E-state index >= 15 is 0 Å². The van der Waals surface area contributed by atoms with Gasteiger partial charge in [-0.25, -0.2) is 0 Å². The molecule has 1 heterocycles. The topological polar surface area (TPSA) is 52.6 Å². The predicted molar refractivity (Wildman–Crippen MR) is 230 cm³/mol. The zero-order valence-corrected chi connectivity index (χ0v) is 32.7. The molecule has 0 aromatic carbocycles. The number of esters is 2. The van der Waals surface area contributed by atoms with Gasteiger partial charge in [0.2, 0.25) is 0 Å². The average Bonchev–Trinajstić information content (AvgIpc) is 3.28. The van der Waals surface area contributed by atoms with Gasteiger partial charge in [0.05, 0.1) is 13.2 Å². The third-order valence-corrected chi connectivity index (χ3v) is 9.35. The first-order chi connectivity index (χ1) is 29.3. The Bertz CT molecular complexity index is 853. The third kappa shape index (κ3) is 40.5. The van der Waals surface area contributed by atoms with Crippen LogP contribution in [0.5, 0.6) is 0 Å². The van der Waals surface area contributed by atoms with Crippen LogP contribution >= 0.6 is 0 Å². The molecule has 0 amide bonds. The van der Waals surface area contributed by atoms with Crippen molar-refractivity contribution in [2.24, 2.45) is 11.8 Å². The number of ether oxygens (including phenoxy) is 2. The van der Waals surface area contributed by atoms with Crippen LogP contribution in [0, 0.1) is 11.8 Å². The van der Waals surface area contributed by atoms with Crippen LogP contribution in [0.2, 0.25) is 0 Å². The molecule has 49 heavy (non-hydrogen) atoms. The first-order valence-corrected chi connectivity index (χ1v) is 20.6. The fourth-order valence-corrected chi connectivity index (χ4v) is 5.86. The van der Waals surface area contributed by atoms with Gasteiger partial charge in [0, 0.05) is 32.1 Å². The molecule has 4 heteroatoms. The molecule has 0 aliphatic carbocycles. The van der Waals surface area contributed by atoms with Crippen LogP contribution < -0.4 is 0 Å². The molecule has 2 unspecified atom stereocenters. The molecule has 4 nitrogen and oxygen atoms in total. The van der Waals surface area contributed by atoms with E-state index in [9.17, 15) is 9.59 Å². The van der Waals surface area contributed by atoms with Gasteiger partial charge >= 0.3 is 11.9 Å². The number of cyclic esters (lactones) is 1. The maximum Gasteiger partial charge on any atom is 0.305 e. The van der Waals surface area contributed by atoms with Gasteiger partial charge in [0.15, 0.2) is 0 Å². The minimum absolute atomic E-state index is 0. The van der Waals surface area contributed by atoms with Crippen LogP contribution in [-0.4, -0.2) is 25.2 Å². The van der Waals surface area contributed by atoms with Crippen molar-refractivity contribution in [1.29, 1.82) is 0 Å². The van der Waals surface area contributed by atoms with E-state index < -0.39 is 0 Å². The first kappa shape index (κ1) is 38.4. The lowest BCUT2D eigenvalue weighted by Crippen LogP contribution is -2.08. The monoisotopic (exact) mass is 716 g/mol. The van der Waals surface area contributed by atoms with Crippen LogP contribution in [0.3, 0.4) is 0 Å². The van der Waals surface area contributed by atoms with Crippen molar-refractivity contribution in [1.82, 2.24) is 0 Å². The normalized spacial score (nSPS) is 17.9. The Morgan fingerprint density at radius 3 is 2.16 bits per heavy atom. The molecule has 0 N–H and O–H groups in total. The Kier molecular flexibility index (Phi) is 30.5. The highest BCUT2D eigenvalue weighted by molar-refractivity contribution is 5.69. The summed E-state index contributed by atoms with van der Waals surface area (Å²) in [5.74, 6) is 1.25. The molecule has 1 aliphatic heterocycles. The second kappa shape index (κ2) is 39.0. The molecular formula is C45H98O4. The first-order valence-electron chi connectivity index (χ1n) is 26.6. The summed E-state index contributed by atoms with van der Waals surface area (Å²) in [5, 5.41) is 0. The minimum Gasteiger partial charge on any atom is -0.466 e. The summed E-state index contributed by atoms with van der Waals surface area (Å²) in [6.45, 7) is 12.2. The van der Waals surface area contributed by atoms with Crippen molar-refractivity contribution in [3.8, 4) is 0 Å². The Morgan fingerprint density at radius 1 is 0.857 bits per heavy atom. The van der Waals surface area contributed by atoms with Crippen molar-refractivity contribution in [2.75, 3.05) is 13.2 Å². The molecule has 0 saturated heterocycles. The Labute approximate surface area is 326 Å². The van der Waals surface area contributed by atoms with Gasteiger partial charge in [-0.15, -0.1) is 0 Å². The van der Waals surface area contributed by atoms with Crippen LogP contribution in [0.25, 0.3) is 0 Å². The van der Waals surface area contributed by atoms with E-state index in [1.807, 2.05) is 0 Å². The van der Waals surface area contributed by atoms with Crippen molar-refractivity contribution in [2.45, 2.75) is 215 Å². The van der Waals surface area contributed by atoms with E-state index in [1.165, 1.54) is 115 Å². The SMILES string of the molecule is C.CC1CCC=CCCCCCCCC(=O)OCC1.CCCCCCCC/C=C\CCCCCCCC(=O)OCCC(C)CCC=C(C)C.[2HH].[2H][2H].[2H][2H].[2H][2H].[2H][2H].[2H][2H].[2H][2H]. The molecule has 0 fully saturated rings.